The van der Waals surface area contributed by atoms with Crippen molar-refractivity contribution in [3.8, 4) is 23.5 Å². The number of ether oxygens (including phenoxy) is 1. The molecular weight excluding hydrogens is 254 g/mol. The first-order chi connectivity index (χ1) is 9.81. The van der Waals surface area contributed by atoms with Gasteiger partial charge >= 0.3 is 0 Å². The SMILES string of the molecule is Nc1c(C#C/C=C/CO)ncnc1Oc1ccccc1. The first kappa shape index (κ1) is 13.6. The first-order valence-electron chi connectivity index (χ1n) is 5.92. The maximum atomic E-state index is 8.60. The van der Waals surface area contributed by atoms with Crippen molar-refractivity contribution >= 4 is 5.69 Å². The van der Waals surface area contributed by atoms with Crippen molar-refractivity contribution in [3.63, 3.8) is 0 Å². The predicted octanol–water partition coefficient (Wildman–Crippen LogP) is 1.75. The quantitative estimate of drug-likeness (QED) is 0.828. The molecule has 5 nitrogen and oxygen atoms in total. The number of aliphatic hydroxyl groups excluding tert-OH is 1. The third kappa shape index (κ3) is 3.57. The lowest BCUT2D eigenvalue weighted by Gasteiger charge is -2.07. The van der Waals surface area contributed by atoms with Crippen LogP contribution in [0.25, 0.3) is 0 Å². The Morgan fingerprint density at radius 2 is 2.05 bits per heavy atom. The Morgan fingerprint density at radius 3 is 2.80 bits per heavy atom. The summed E-state index contributed by atoms with van der Waals surface area (Å²) < 4.78 is 5.58. The molecule has 0 bridgehead atoms. The van der Waals surface area contributed by atoms with Crippen LogP contribution in [0.3, 0.4) is 0 Å². The van der Waals surface area contributed by atoms with Crippen molar-refractivity contribution in [2.45, 2.75) is 0 Å². The fraction of sp³-hybridized carbons (Fsp3) is 0.0667. The topological polar surface area (TPSA) is 81.3 Å². The van der Waals surface area contributed by atoms with Gasteiger partial charge in [-0.15, -0.1) is 0 Å². The second-order valence-electron chi connectivity index (χ2n) is 3.71. The minimum atomic E-state index is -0.0592. The number of para-hydroxylation sites is 1. The van der Waals surface area contributed by atoms with Gasteiger partial charge in [-0.25, -0.2) is 4.98 Å². The molecule has 0 radical (unpaired) electrons. The highest BCUT2D eigenvalue weighted by molar-refractivity contribution is 5.59. The average molecular weight is 267 g/mol. The summed E-state index contributed by atoms with van der Waals surface area (Å²) in [7, 11) is 0. The molecule has 0 spiro atoms. The van der Waals surface area contributed by atoms with Crippen LogP contribution in [-0.2, 0) is 0 Å². The molecule has 1 aromatic heterocycles. The summed E-state index contributed by atoms with van der Waals surface area (Å²) in [5, 5.41) is 8.60. The fourth-order valence-electron chi connectivity index (χ4n) is 1.38. The molecule has 0 aliphatic carbocycles. The lowest BCUT2D eigenvalue weighted by atomic mass is 10.3. The summed E-state index contributed by atoms with van der Waals surface area (Å²) in [5.41, 5.74) is 6.58. The average Bonchev–Trinajstić information content (AvgIpc) is 2.48. The molecule has 100 valence electrons. The van der Waals surface area contributed by atoms with Crippen LogP contribution in [0.2, 0.25) is 0 Å². The van der Waals surface area contributed by atoms with Crippen molar-refractivity contribution in [1.29, 1.82) is 0 Å². The summed E-state index contributed by atoms with van der Waals surface area (Å²) in [6.45, 7) is -0.0592. The Bertz CT molecular complexity index is 658. The molecule has 2 rings (SSSR count). The van der Waals surface area contributed by atoms with Gasteiger partial charge in [0.15, 0.2) is 0 Å². The van der Waals surface area contributed by atoms with E-state index in [2.05, 4.69) is 21.8 Å². The second kappa shape index (κ2) is 6.92. The Labute approximate surface area is 116 Å². The minimum absolute atomic E-state index is 0.0592. The Morgan fingerprint density at radius 1 is 1.25 bits per heavy atom. The minimum Gasteiger partial charge on any atom is -0.437 e. The summed E-state index contributed by atoms with van der Waals surface area (Å²) in [4.78, 5) is 7.99. The highest BCUT2D eigenvalue weighted by Gasteiger charge is 2.08. The van der Waals surface area contributed by atoms with Crippen LogP contribution in [0.1, 0.15) is 5.69 Å². The van der Waals surface area contributed by atoms with E-state index in [-0.39, 0.29) is 18.2 Å². The molecule has 20 heavy (non-hydrogen) atoms. The summed E-state index contributed by atoms with van der Waals surface area (Å²) in [5.74, 6) is 6.39. The third-order valence-corrected chi connectivity index (χ3v) is 2.30. The normalized spacial score (nSPS) is 10.1. The van der Waals surface area contributed by atoms with Gasteiger partial charge in [-0.05, 0) is 24.1 Å². The van der Waals surface area contributed by atoms with Gasteiger partial charge in [0.1, 0.15) is 23.5 Å². The first-order valence-corrected chi connectivity index (χ1v) is 5.92. The standard InChI is InChI=1S/C15H13N3O2/c16-14-13(9-5-2-6-10-19)17-11-18-15(14)20-12-7-3-1-4-8-12/h1-4,6-8,11,19H,10,16H2/b6-2+. The largest absolute Gasteiger partial charge is 0.437 e. The maximum Gasteiger partial charge on any atom is 0.247 e. The van der Waals surface area contributed by atoms with Crippen molar-refractivity contribution in [2.24, 2.45) is 0 Å². The van der Waals surface area contributed by atoms with Gasteiger partial charge in [0.2, 0.25) is 5.88 Å². The molecule has 3 N–H and O–H groups in total. The van der Waals surface area contributed by atoms with E-state index in [9.17, 15) is 0 Å². The number of anilines is 1. The smallest absolute Gasteiger partial charge is 0.247 e. The highest BCUT2D eigenvalue weighted by Crippen LogP contribution is 2.25. The second-order valence-corrected chi connectivity index (χ2v) is 3.71. The van der Waals surface area contributed by atoms with Crippen LogP contribution in [0, 0.1) is 11.8 Å². The zero-order valence-corrected chi connectivity index (χ0v) is 10.7. The number of hydrogen-bond donors (Lipinski definition) is 2. The van der Waals surface area contributed by atoms with Crippen LogP contribution in [0.4, 0.5) is 5.69 Å². The Balaban J connectivity index is 2.23. The van der Waals surface area contributed by atoms with Crippen molar-refractivity contribution in [3.05, 3.63) is 54.5 Å². The monoisotopic (exact) mass is 267 g/mol. The van der Waals surface area contributed by atoms with E-state index in [0.717, 1.165) is 0 Å². The summed E-state index contributed by atoms with van der Waals surface area (Å²) in [6, 6.07) is 9.20. The molecule has 0 saturated heterocycles. The molecular formula is C15H13N3O2. The highest BCUT2D eigenvalue weighted by atomic mass is 16.5. The summed E-state index contributed by atoms with van der Waals surface area (Å²) in [6.07, 6.45) is 4.39. The van der Waals surface area contributed by atoms with Crippen LogP contribution in [0.5, 0.6) is 11.6 Å². The van der Waals surface area contributed by atoms with Gasteiger partial charge in [0.25, 0.3) is 0 Å². The number of aliphatic hydroxyl groups is 1. The van der Waals surface area contributed by atoms with Gasteiger partial charge < -0.3 is 15.6 Å². The van der Waals surface area contributed by atoms with Gasteiger partial charge in [-0.3, -0.25) is 0 Å². The third-order valence-electron chi connectivity index (χ3n) is 2.30. The van der Waals surface area contributed by atoms with Gasteiger partial charge in [-0.2, -0.15) is 4.98 Å². The predicted molar refractivity (Wildman–Crippen MR) is 76.1 cm³/mol. The van der Waals surface area contributed by atoms with Crippen molar-refractivity contribution < 1.29 is 9.84 Å². The molecule has 1 aromatic carbocycles. The van der Waals surface area contributed by atoms with Crippen molar-refractivity contribution in [1.82, 2.24) is 9.97 Å². The number of allylic oxidation sites excluding steroid dienone is 1. The number of nitrogen functional groups attached to an aromatic ring is 1. The van der Waals surface area contributed by atoms with Crippen LogP contribution in [-0.4, -0.2) is 21.7 Å². The molecule has 0 saturated carbocycles. The van der Waals surface area contributed by atoms with Gasteiger partial charge in [0.05, 0.1) is 6.61 Å². The lowest BCUT2D eigenvalue weighted by molar-refractivity contribution is 0.343. The van der Waals surface area contributed by atoms with E-state index in [1.165, 1.54) is 18.5 Å². The molecule has 2 aromatic rings. The number of hydrogen-bond acceptors (Lipinski definition) is 5. The molecule has 0 aliphatic rings. The van der Waals surface area contributed by atoms with E-state index in [4.69, 9.17) is 15.6 Å². The molecule has 1 heterocycles. The number of rotatable bonds is 3. The molecule has 0 amide bonds. The molecule has 0 unspecified atom stereocenters. The van der Waals surface area contributed by atoms with Gasteiger partial charge in [0, 0.05) is 0 Å². The van der Waals surface area contributed by atoms with E-state index >= 15 is 0 Å². The molecule has 0 aliphatic heterocycles. The fourth-order valence-corrected chi connectivity index (χ4v) is 1.38. The maximum absolute atomic E-state index is 8.60. The van der Waals surface area contributed by atoms with Crippen LogP contribution in [0.15, 0.2) is 48.8 Å². The lowest BCUT2D eigenvalue weighted by Crippen LogP contribution is -2.00. The number of nitrogens with two attached hydrogens (primary N) is 1. The molecule has 0 atom stereocenters. The zero-order valence-electron chi connectivity index (χ0n) is 10.7. The van der Waals surface area contributed by atoms with E-state index in [0.29, 0.717) is 11.4 Å². The zero-order chi connectivity index (χ0) is 14.2. The summed E-state index contributed by atoms with van der Waals surface area (Å²) >= 11 is 0. The van der Waals surface area contributed by atoms with E-state index in [1.54, 1.807) is 12.1 Å². The van der Waals surface area contributed by atoms with E-state index < -0.39 is 0 Å². The van der Waals surface area contributed by atoms with Gasteiger partial charge in [-0.1, -0.05) is 30.2 Å². The van der Waals surface area contributed by atoms with Crippen LogP contribution >= 0.6 is 0 Å². The number of nitrogens with zero attached hydrogens (tertiary/aromatic N) is 2. The molecule has 5 heteroatoms. The Hall–Kier alpha value is -2.84. The Kier molecular flexibility index (Phi) is 4.70. The molecule has 0 fully saturated rings. The number of benzene rings is 1. The van der Waals surface area contributed by atoms with E-state index in [1.807, 2.05) is 18.2 Å². The number of aromatic nitrogens is 2. The van der Waals surface area contributed by atoms with Crippen LogP contribution < -0.4 is 10.5 Å². The van der Waals surface area contributed by atoms with Crippen molar-refractivity contribution in [2.75, 3.05) is 12.3 Å².